The number of aromatic nitrogens is 3. The van der Waals surface area contributed by atoms with Crippen molar-refractivity contribution in [3.63, 3.8) is 0 Å². The molecule has 4 atom stereocenters. The molecule has 0 spiro atoms. The van der Waals surface area contributed by atoms with Gasteiger partial charge in [-0.2, -0.15) is 18.2 Å². The molecule has 1 aromatic carbocycles. The number of rotatable bonds is 8. The van der Waals surface area contributed by atoms with E-state index in [1.54, 1.807) is 26.3 Å². The van der Waals surface area contributed by atoms with Gasteiger partial charge >= 0.3 is 11.9 Å². The van der Waals surface area contributed by atoms with E-state index in [9.17, 15) is 22.8 Å². The number of amides is 1. The van der Waals surface area contributed by atoms with E-state index >= 15 is 0 Å². The van der Waals surface area contributed by atoms with Crippen molar-refractivity contribution < 1.29 is 22.7 Å². The average molecular weight is 626 g/mol. The molecule has 0 saturated carbocycles. The smallest absolute Gasteiger partial charge is 0.383 e. The number of anilines is 1. The van der Waals surface area contributed by atoms with E-state index in [1.807, 2.05) is 23.6 Å². The van der Waals surface area contributed by atoms with Gasteiger partial charge in [0.15, 0.2) is 5.82 Å². The molecular weight excluding hydrogens is 587 g/mol. The van der Waals surface area contributed by atoms with Gasteiger partial charge in [-0.1, -0.05) is 32.6 Å². The number of hydrogen-bond acceptors (Lipinski definition) is 7. The third-order valence-electron chi connectivity index (χ3n) is 9.13. The molecule has 0 radical (unpaired) electrons. The number of hydrogen-bond donors (Lipinski definition) is 0. The molecule has 2 fully saturated rings. The fourth-order valence-corrected chi connectivity index (χ4v) is 6.70. The van der Waals surface area contributed by atoms with Gasteiger partial charge in [0.2, 0.25) is 11.4 Å². The highest BCUT2D eigenvalue weighted by molar-refractivity contribution is 5.88. The van der Waals surface area contributed by atoms with Crippen LogP contribution in [0.4, 0.5) is 24.8 Å². The number of piperazine rings is 1. The number of likely N-dealkylation sites (tertiary alicyclic amines) is 1. The summed E-state index contributed by atoms with van der Waals surface area (Å²) in [5.74, 6) is 0.421. The molecule has 10 nitrogen and oxygen atoms in total. The number of methoxy groups -OCH3 is 1. The maximum Gasteiger partial charge on any atom is 0.416 e. The Balaban J connectivity index is 1.58. The molecule has 1 unspecified atom stereocenters. The molecule has 0 aliphatic carbocycles. The van der Waals surface area contributed by atoms with Gasteiger partial charge in [-0.15, -0.1) is 4.98 Å². The number of aryl methyl sites for hydroxylation is 1. The van der Waals surface area contributed by atoms with E-state index < -0.39 is 23.5 Å². The fraction of sp³-hybridized carbons (Fsp3) is 0.531. The number of fused-ring (bicyclic) bond motifs is 1. The number of halogens is 3. The Morgan fingerprint density at radius 2 is 1.78 bits per heavy atom. The molecule has 2 aromatic heterocycles. The zero-order chi connectivity index (χ0) is 32.5. The Kier molecular flexibility index (Phi) is 9.46. The van der Waals surface area contributed by atoms with E-state index in [1.165, 1.54) is 16.7 Å². The molecule has 45 heavy (non-hydrogen) atoms. The van der Waals surface area contributed by atoms with E-state index in [2.05, 4.69) is 19.7 Å². The van der Waals surface area contributed by atoms with Crippen LogP contribution in [0.15, 0.2) is 41.2 Å². The number of carbonyl (C=O) groups excluding carboxylic acids is 1. The zero-order valence-corrected chi connectivity index (χ0v) is 25.9. The van der Waals surface area contributed by atoms with Crippen molar-refractivity contribution in [1.82, 2.24) is 24.3 Å². The highest BCUT2D eigenvalue weighted by Gasteiger charge is 2.44. The number of alkyl halides is 3. The number of ether oxygens (including phenoxy) is 1. The molecule has 13 heteroatoms. The summed E-state index contributed by atoms with van der Waals surface area (Å²) >= 11 is 0. The maximum absolute atomic E-state index is 14.4. The third-order valence-corrected chi connectivity index (χ3v) is 9.13. The topological polar surface area (TPSA) is 88.2 Å². The number of carbonyl (C=O) groups is 1. The minimum atomic E-state index is -4.49. The van der Waals surface area contributed by atoms with Crippen molar-refractivity contribution in [2.24, 2.45) is 7.05 Å². The first kappa shape index (κ1) is 32.4. The summed E-state index contributed by atoms with van der Waals surface area (Å²) in [7, 11) is 3.21. The van der Waals surface area contributed by atoms with E-state index in [0.29, 0.717) is 61.5 Å². The number of benzene rings is 1. The van der Waals surface area contributed by atoms with Crippen LogP contribution in [-0.2, 0) is 22.8 Å². The maximum atomic E-state index is 14.4. The first-order valence-electron chi connectivity index (χ1n) is 15.3. The highest BCUT2D eigenvalue weighted by Crippen LogP contribution is 2.37. The quantitative estimate of drug-likeness (QED) is 0.327. The lowest BCUT2D eigenvalue weighted by Crippen LogP contribution is -2.61. The van der Waals surface area contributed by atoms with Crippen molar-refractivity contribution in [2.45, 2.75) is 69.9 Å². The molecule has 240 valence electrons. The van der Waals surface area contributed by atoms with Crippen LogP contribution >= 0.6 is 0 Å². The molecule has 5 rings (SSSR count). The Bertz CT molecular complexity index is 1640. The Labute approximate surface area is 260 Å². The van der Waals surface area contributed by atoms with Crippen LogP contribution in [0, 0.1) is 6.57 Å². The van der Waals surface area contributed by atoms with Gasteiger partial charge in [0, 0.05) is 45.9 Å². The van der Waals surface area contributed by atoms with Crippen molar-refractivity contribution in [2.75, 3.05) is 38.3 Å². The predicted molar refractivity (Wildman–Crippen MR) is 164 cm³/mol. The van der Waals surface area contributed by atoms with Crippen LogP contribution in [-0.4, -0.2) is 81.7 Å². The second-order valence-electron chi connectivity index (χ2n) is 11.7. The molecule has 1 amide bonds. The molecule has 0 bridgehead atoms. The largest absolute Gasteiger partial charge is 0.416 e. The summed E-state index contributed by atoms with van der Waals surface area (Å²) in [5.41, 5.74) is 0.282. The molecular formula is C32H38F3N7O3. The van der Waals surface area contributed by atoms with E-state index in [-0.39, 0.29) is 29.9 Å². The van der Waals surface area contributed by atoms with Crippen LogP contribution in [0.2, 0.25) is 0 Å². The van der Waals surface area contributed by atoms with Gasteiger partial charge in [-0.25, -0.2) is 4.79 Å². The summed E-state index contributed by atoms with van der Waals surface area (Å²) in [5, 5.41) is 0. The zero-order valence-electron chi connectivity index (χ0n) is 25.9. The van der Waals surface area contributed by atoms with Gasteiger partial charge in [0.05, 0.1) is 23.7 Å². The molecule has 2 aliphatic rings. The summed E-state index contributed by atoms with van der Waals surface area (Å²) in [6, 6.07) is 6.84. The monoisotopic (exact) mass is 625 g/mol. The van der Waals surface area contributed by atoms with Crippen molar-refractivity contribution in [1.29, 1.82) is 0 Å². The molecule has 2 aliphatic heterocycles. The SMILES string of the molecule is [C-]#[N+]c1ccc2c(n1)c(N1C[C@@H](CC)N(C(C(=O)N3CCC[C@H]3COC)c3ccc(C(F)(F)F)cc3)C[C@@H]1CC)nc(=O)n2C. The molecule has 4 heterocycles. The van der Waals surface area contributed by atoms with Gasteiger partial charge in [0.1, 0.15) is 6.04 Å². The third kappa shape index (κ3) is 6.26. The summed E-state index contributed by atoms with van der Waals surface area (Å²) in [6.45, 7) is 13.2. The van der Waals surface area contributed by atoms with E-state index in [4.69, 9.17) is 11.3 Å². The molecule has 0 N–H and O–H groups in total. The average Bonchev–Trinajstić information content (AvgIpc) is 3.50. The summed E-state index contributed by atoms with van der Waals surface area (Å²) in [6.07, 6.45) is -1.61. The normalized spacial score (nSPS) is 21.7. The predicted octanol–water partition coefficient (Wildman–Crippen LogP) is 4.96. The van der Waals surface area contributed by atoms with Crippen LogP contribution < -0.4 is 10.6 Å². The highest BCUT2D eigenvalue weighted by atomic mass is 19.4. The molecule has 3 aromatic rings. The summed E-state index contributed by atoms with van der Waals surface area (Å²) < 4.78 is 47.3. The van der Waals surface area contributed by atoms with Gasteiger partial charge in [-0.05, 0) is 55.5 Å². The van der Waals surface area contributed by atoms with Crippen LogP contribution in [0.3, 0.4) is 0 Å². The standard InChI is InChI=1S/C32H38F3N7O3/c1-6-22-18-42(29-27-25(39(4)31(44)38-29)14-15-26(36-3)37-27)23(7-2)17-41(22)28(20-10-12-21(13-11-20)32(33,34)35)30(43)40-16-8-9-24(40)19-45-5/h10-15,22-24,28H,6-9,16-19H2,1-2,4-5H3/t22-,23+,24+,28?/m1/s1. The Morgan fingerprint density at radius 1 is 1.07 bits per heavy atom. The lowest BCUT2D eigenvalue weighted by Gasteiger charge is -2.49. The second kappa shape index (κ2) is 13.1. The van der Waals surface area contributed by atoms with Crippen LogP contribution in [0.5, 0.6) is 0 Å². The number of nitrogens with zero attached hydrogens (tertiary/aromatic N) is 7. The minimum Gasteiger partial charge on any atom is -0.383 e. The fourth-order valence-electron chi connectivity index (χ4n) is 6.70. The molecule has 2 saturated heterocycles. The van der Waals surface area contributed by atoms with Gasteiger partial charge in [0.25, 0.3) is 5.82 Å². The summed E-state index contributed by atoms with van der Waals surface area (Å²) in [4.78, 5) is 45.8. The van der Waals surface area contributed by atoms with Gasteiger partial charge < -0.3 is 19.4 Å². The van der Waals surface area contributed by atoms with Crippen LogP contribution in [0.1, 0.15) is 56.7 Å². The van der Waals surface area contributed by atoms with Crippen molar-refractivity contribution in [3.05, 3.63) is 69.4 Å². The first-order chi connectivity index (χ1) is 21.5. The van der Waals surface area contributed by atoms with Crippen molar-refractivity contribution in [3.8, 4) is 0 Å². The van der Waals surface area contributed by atoms with Crippen LogP contribution in [0.25, 0.3) is 15.9 Å². The lowest BCUT2D eigenvalue weighted by molar-refractivity contribution is -0.140. The lowest BCUT2D eigenvalue weighted by atomic mass is 9.94. The van der Waals surface area contributed by atoms with Gasteiger partial charge in [-0.3, -0.25) is 14.3 Å². The first-order valence-corrected chi connectivity index (χ1v) is 15.3. The Hall–Kier alpha value is -4.02. The van der Waals surface area contributed by atoms with E-state index in [0.717, 1.165) is 25.0 Å². The minimum absolute atomic E-state index is 0.110. The number of pyridine rings is 1. The Morgan fingerprint density at radius 3 is 2.40 bits per heavy atom. The second-order valence-corrected chi connectivity index (χ2v) is 11.7. The van der Waals surface area contributed by atoms with Crippen molar-refractivity contribution >= 4 is 28.6 Å².